The molecular weight excluding hydrogens is 164 g/mol. The van der Waals surface area contributed by atoms with Crippen LogP contribution in [0.25, 0.3) is 0 Å². The van der Waals surface area contributed by atoms with Gasteiger partial charge in [0.1, 0.15) is 0 Å². The van der Waals surface area contributed by atoms with Gasteiger partial charge in [-0.1, -0.05) is 6.92 Å². The molecule has 1 aliphatic rings. The quantitative estimate of drug-likeness (QED) is 0.679. The first-order chi connectivity index (χ1) is 6.24. The van der Waals surface area contributed by atoms with Gasteiger partial charge < -0.3 is 15.0 Å². The molecule has 1 aliphatic heterocycles. The Bertz CT molecular complexity index is 141. The molecule has 78 valence electrons. The zero-order valence-corrected chi connectivity index (χ0v) is 9.05. The van der Waals surface area contributed by atoms with Crippen LogP contribution < -0.4 is 5.32 Å². The van der Waals surface area contributed by atoms with Crippen LogP contribution in [0.2, 0.25) is 0 Å². The summed E-state index contributed by atoms with van der Waals surface area (Å²) in [6, 6.07) is 0.682. The maximum absolute atomic E-state index is 5.04. The van der Waals surface area contributed by atoms with Crippen LogP contribution in [-0.4, -0.2) is 51.3 Å². The fourth-order valence-electron chi connectivity index (χ4n) is 1.82. The number of hydrogen-bond donors (Lipinski definition) is 1. The molecule has 0 amide bonds. The minimum absolute atomic E-state index is 0.682. The molecule has 0 aromatic carbocycles. The van der Waals surface area contributed by atoms with E-state index in [0.29, 0.717) is 6.04 Å². The maximum Gasteiger partial charge on any atom is 0.0589 e. The van der Waals surface area contributed by atoms with Gasteiger partial charge in [0.15, 0.2) is 0 Å². The van der Waals surface area contributed by atoms with Gasteiger partial charge in [-0.2, -0.15) is 0 Å². The lowest BCUT2D eigenvalue weighted by atomic mass is 10.0. The van der Waals surface area contributed by atoms with Crippen LogP contribution in [0.1, 0.15) is 13.3 Å². The van der Waals surface area contributed by atoms with Gasteiger partial charge >= 0.3 is 0 Å². The van der Waals surface area contributed by atoms with E-state index in [9.17, 15) is 0 Å². The van der Waals surface area contributed by atoms with E-state index in [-0.39, 0.29) is 0 Å². The van der Waals surface area contributed by atoms with Crippen LogP contribution >= 0.6 is 0 Å². The van der Waals surface area contributed by atoms with Gasteiger partial charge in [-0.15, -0.1) is 0 Å². The average Bonchev–Trinajstić information content (AvgIpc) is 2.48. The first-order valence-corrected chi connectivity index (χ1v) is 5.15. The number of methoxy groups -OCH3 is 1. The van der Waals surface area contributed by atoms with Gasteiger partial charge in [-0.05, 0) is 25.9 Å². The molecule has 0 aromatic rings. The van der Waals surface area contributed by atoms with Crippen molar-refractivity contribution in [2.24, 2.45) is 5.92 Å². The van der Waals surface area contributed by atoms with Crippen molar-refractivity contribution in [1.82, 2.24) is 10.2 Å². The monoisotopic (exact) mass is 186 g/mol. The van der Waals surface area contributed by atoms with Crippen LogP contribution in [0.5, 0.6) is 0 Å². The molecule has 3 nitrogen and oxygen atoms in total. The summed E-state index contributed by atoms with van der Waals surface area (Å²) < 4.78 is 5.04. The highest BCUT2D eigenvalue weighted by atomic mass is 16.5. The van der Waals surface area contributed by atoms with E-state index < -0.39 is 0 Å². The van der Waals surface area contributed by atoms with Gasteiger partial charge in [0.2, 0.25) is 0 Å². The van der Waals surface area contributed by atoms with Crippen molar-refractivity contribution in [1.29, 1.82) is 0 Å². The van der Waals surface area contributed by atoms with Gasteiger partial charge in [-0.3, -0.25) is 0 Å². The van der Waals surface area contributed by atoms with E-state index in [1.54, 1.807) is 7.11 Å². The fourth-order valence-corrected chi connectivity index (χ4v) is 1.82. The molecule has 1 rings (SSSR count). The summed E-state index contributed by atoms with van der Waals surface area (Å²) >= 11 is 0. The summed E-state index contributed by atoms with van der Waals surface area (Å²) in [5.74, 6) is 0.824. The van der Waals surface area contributed by atoms with E-state index in [4.69, 9.17) is 4.74 Å². The Balaban J connectivity index is 2.15. The molecule has 0 aromatic heterocycles. The van der Waals surface area contributed by atoms with Crippen LogP contribution in [0.4, 0.5) is 0 Å². The van der Waals surface area contributed by atoms with Crippen molar-refractivity contribution < 1.29 is 4.74 Å². The van der Waals surface area contributed by atoms with Crippen molar-refractivity contribution in [3.63, 3.8) is 0 Å². The number of rotatable bonds is 5. The molecule has 13 heavy (non-hydrogen) atoms. The topological polar surface area (TPSA) is 24.5 Å². The summed E-state index contributed by atoms with van der Waals surface area (Å²) in [6.07, 6.45) is 1.32. The van der Waals surface area contributed by atoms with Crippen LogP contribution in [-0.2, 0) is 4.74 Å². The number of likely N-dealkylation sites (N-methyl/N-ethyl adjacent to an activating group) is 1. The number of nitrogens with zero attached hydrogens (tertiary/aromatic N) is 1. The second-order valence-electron chi connectivity index (χ2n) is 4.08. The lowest BCUT2D eigenvalue weighted by Crippen LogP contribution is -2.39. The SMILES string of the molecule is COCCN(C)CC1NCCC1C. The molecule has 0 radical (unpaired) electrons. The van der Waals surface area contributed by atoms with E-state index in [1.807, 2.05) is 0 Å². The van der Waals surface area contributed by atoms with Crippen LogP contribution in [0.3, 0.4) is 0 Å². The van der Waals surface area contributed by atoms with Gasteiger partial charge in [0.25, 0.3) is 0 Å². The minimum Gasteiger partial charge on any atom is -0.383 e. The Morgan fingerprint density at radius 3 is 2.85 bits per heavy atom. The molecule has 0 bridgehead atoms. The fraction of sp³-hybridized carbons (Fsp3) is 1.00. The minimum atomic E-state index is 0.682. The van der Waals surface area contributed by atoms with Crippen molar-refractivity contribution in [3.05, 3.63) is 0 Å². The number of hydrogen-bond acceptors (Lipinski definition) is 3. The molecule has 1 saturated heterocycles. The second kappa shape index (κ2) is 5.58. The molecular formula is C10H22N2O. The zero-order valence-electron chi connectivity index (χ0n) is 9.05. The third kappa shape index (κ3) is 3.63. The summed E-state index contributed by atoms with van der Waals surface area (Å²) in [4.78, 5) is 2.34. The van der Waals surface area contributed by atoms with E-state index in [1.165, 1.54) is 13.0 Å². The second-order valence-corrected chi connectivity index (χ2v) is 4.08. The zero-order chi connectivity index (χ0) is 9.68. The number of nitrogens with one attached hydrogen (secondary N) is 1. The first kappa shape index (κ1) is 11.0. The Hall–Kier alpha value is -0.120. The van der Waals surface area contributed by atoms with Crippen molar-refractivity contribution in [2.75, 3.05) is 40.4 Å². The van der Waals surface area contributed by atoms with Crippen LogP contribution in [0, 0.1) is 5.92 Å². The molecule has 1 fully saturated rings. The Morgan fingerprint density at radius 1 is 1.54 bits per heavy atom. The van der Waals surface area contributed by atoms with E-state index in [2.05, 4.69) is 24.2 Å². The Morgan fingerprint density at radius 2 is 2.31 bits per heavy atom. The Labute approximate surface area is 81.4 Å². The smallest absolute Gasteiger partial charge is 0.0589 e. The highest BCUT2D eigenvalue weighted by Crippen LogP contribution is 2.14. The summed E-state index contributed by atoms with van der Waals surface area (Å²) in [5, 5.41) is 3.53. The van der Waals surface area contributed by atoms with E-state index >= 15 is 0 Å². The van der Waals surface area contributed by atoms with Gasteiger partial charge in [0.05, 0.1) is 6.61 Å². The highest BCUT2D eigenvalue weighted by Gasteiger charge is 2.23. The lowest BCUT2D eigenvalue weighted by molar-refractivity contribution is 0.154. The lowest BCUT2D eigenvalue weighted by Gasteiger charge is -2.23. The molecule has 0 spiro atoms. The Kier molecular flexibility index (Phi) is 4.70. The highest BCUT2D eigenvalue weighted by molar-refractivity contribution is 4.82. The van der Waals surface area contributed by atoms with Crippen LogP contribution in [0.15, 0.2) is 0 Å². The normalized spacial score (nSPS) is 28.6. The first-order valence-electron chi connectivity index (χ1n) is 5.15. The van der Waals surface area contributed by atoms with Crippen molar-refractivity contribution >= 4 is 0 Å². The summed E-state index contributed by atoms with van der Waals surface area (Å²) in [6.45, 7) is 6.52. The molecule has 1 heterocycles. The maximum atomic E-state index is 5.04. The van der Waals surface area contributed by atoms with Crippen molar-refractivity contribution in [3.8, 4) is 0 Å². The van der Waals surface area contributed by atoms with Crippen molar-refractivity contribution in [2.45, 2.75) is 19.4 Å². The molecule has 1 N–H and O–H groups in total. The molecule has 0 aliphatic carbocycles. The molecule has 3 heteroatoms. The molecule has 2 unspecified atom stereocenters. The molecule has 0 saturated carbocycles. The third-order valence-electron chi connectivity index (χ3n) is 2.88. The summed E-state index contributed by atoms with van der Waals surface area (Å²) in [7, 11) is 3.91. The average molecular weight is 186 g/mol. The molecule has 2 atom stereocenters. The summed E-state index contributed by atoms with van der Waals surface area (Å²) in [5.41, 5.74) is 0. The predicted octanol–water partition coefficient (Wildman–Crippen LogP) is 0.563. The van der Waals surface area contributed by atoms with Gasteiger partial charge in [-0.25, -0.2) is 0 Å². The predicted molar refractivity (Wildman–Crippen MR) is 54.9 cm³/mol. The number of ether oxygens (including phenoxy) is 1. The standard InChI is InChI=1S/C10H22N2O/c1-9-4-5-11-10(9)8-12(2)6-7-13-3/h9-11H,4-8H2,1-3H3. The third-order valence-corrected chi connectivity index (χ3v) is 2.88. The largest absolute Gasteiger partial charge is 0.383 e. The van der Waals surface area contributed by atoms with Gasteiger partial charge in [0, 0.05) is 26.2 Å². The van der Waals surface area contributed by atoms with E-state index in [0.717, 1.165) is 25.6 Å².